The van der Waals surface area contributed by atoms with Gasteiger partial charge in [-0.3, -0.25) is 4.79 Å². The van der Waals surface area contributed by atoms with Crippen molar-refractivity contribution in [3.63, 3.8) is 0 Å². The second kappa shape index (κ2) is 6.69. The van der Waals surface area contributed by atoms with E-state index >= 15 is 0 Å². The fraction of sp³-hybridized carbons (Fsp3) is 0.611. The molecular formula is C18H25NO3. The van der Waals surface area contributed by atoms with Crippen molar-refractivity contribution >= 4 is 5.91 Å². The van der Waals surface area contributed by atoms with Gasteiger partial charge in [0.15, 0.2) is 6.10 Å². The number of nitrogens with zero attached hydrogens (tertiary/aromatic N) is 1. The number of amides is 1. The molecule has 1 aromatic rings. The van der Waals surface area contributed by atoms with Crippen LogP contribution < -0.4 is 4.74 Å². The van der Waals surface area contributed by atoms with Crippen LogP contribution in [0.15, 0.2) is 24.3 Å². The number of rotatable bonds is 4. The van der Waals surface area contributed by atoms with E-state index in [1.807, 2.05) is 29.2 Å². The van der Waals surface area contributed by atoms with Gasteiger partial charge in [0.05, 0.1) is 6.10 Å². The van der Waals surface area contributed by atoms with Crippen molar-refractivity contribution in [3.05, 3.63) is 29.8 Å². The average Bonchev–Trinajstić information content (AvgIpc) is 2.96. The van der Waals surface area contributed by atoms with Gasteiger partial charge in [-0.25, -0.2) is 0 Å². The molecule has 120 valence electrons. The first-order valence-corrected chi connectivity index (χ1v) is 8.28. The van der Waals surface area contributed by atoms with Crippen molar-refractivity contribution in [2.75, 3.05) is 19.7 Å². The summed E-state index contributed by atoms with van der Waals surface area (Å²) in [6.45, 7) is 6.68. The van der Waals surface area contributed by atoms with Gasteiger partial charge < -0.3 is 14.4 Å². The topological polar surface area (TPSA) is 38.8 Å². The molecule has 2 heterocycles. The highest BCUT2D eigenvalue weighted by Gasteiger charge is 2.34. The van der Waals surface area contributed by atoms with Crippen molar-refractivity contribution < 1.29 is 14.3 Å². The minimum atomic E-state index is -0.342. The number of carbonyl (C=O) groups is 1. The zero-order chi connectivity index (χ0) is 15.5. The molecular weight excluding hydrogens is 278 g/mol. The lowest BCUT2D eigenvalue weighted by atomic mass is 10.1. The molecule has 0 N–H and O–H groups in total. The first kappa shape index (κ1) is 15.3. The van der Waals surface area contributed by atoms with Crippen LogP contribution in [0.1, 0.15) is 32.3 Å². The summed E-state index contributed by atoms with van der Waals surface area (Å²) in [5, 5.41) is 0. The number of ether oxygens (including phenoxy) is 2. The third kappa shape index (κ3) is 3.43. The first-order valence-electron chi connectivity index (χ1n) is 8.28. The summed E-state index contributed by atoms with van der Waals surface area (Å²) in [5.74, 6) is 1.54. The Morgan fingerprint density at radius 1 is 1.32 bits per heavy atom. The molecule has 2 aliphatic rings. The normalized spacial score (nSPS) is 21.8. The zero-order valence-corrected chi connectivity index (χ0v) is 13.5. The number of fused-ring (bicyclic) bond motifs is 1. The van der Waals surface area contributed by atoms with E-state index in [1.54, 1.807) is 0 Å². The highest BCUT2D eigenvalue weighted by molar-refractivity contribution is 5.82. The fourth-order valence-electron chi connectivity index (χ4n) is 3.09. The van der Waals surface area contributed by atoms with Gasteiger partial charge in [0.25, 0.3) is 5.91 Å². The molecule has 1 amide bonds. The molecule has 1 fully saturated rings. The molecule has 4 nitrogen and oxygen atoms in total. The van der Waals surface area contributed by atoms with Gasteiger partial charge in [-0.05, 0) is 30.4 Å². The Hall–Kier alpha value is -1.55. The summed E-state index contributed by atoms with van der Waals surface area (Å²) in [7, 11) is 0. The van der Waals surface area contributed by atoms with E-state index < -0.39 is 0 Å². The Morgan fingerprint density at radius 3 is 2.73 bits per heavy atom. The predicted octanol–water partition coefficient (Wildman–Crippen LogP) is 2.65. The quantitative estimate of drug-likeness (QED) is 0.858. The van der Waals surface area contributed by atoms with Gasteiger partial charge in [0.1, 0.15) is 5.75 Å². The van der Waals surface area contributed by atoms with E-state index in [9.17, 15) is 4.79 Å². The molecule has 2 aliphatic heterocycles. The molecule has 1 aromatic carbocycles. The minimum Gasteiger partial charge on any atom is -0.480 e. The van der Waals surface area contributed by atoms with E-state index in [1.165, 1.54) is 0 Å². The summed E-state index contributed by atoms with van der Waals surface area (Å²) >= 11 is 0. The number of hydrogen-bond acceptors (Lipinski definition) is 3. The molecule has 0 radical (unpaired) electrons. The largest absolute Gasteiger partial charge is 0.480 e. The van der Waals surface area contributed by atoms with E-state index in [-0.39, 0.29) is 12.0 Å². The van der Waals surface area contributed by atoms with Gasteiger partial charge in [0, 0.05) is 26.1 Å². The van der Waals surface area contributed by atoms with E-state index in [0.29, 0.717) is 18.4 Å². The molecule has 1 unspecified atom stereocenters. The number of carbonyl (C=O) groups excluding carboxylic acids is 1. The summed E-state index contributed by atoms with van der Waals surface area (Å²) in [6.07, 6.45) is 2.51. The van der Waals surface area contributed by atoms with E-state index in [0.717, 1.165) is 43.9 Å². The lowest BCUT2D eigenvalue weighted by Gasteiger charge is -2.33. The zero-order valence-electron chi connectivity index (χ0n) is 13.5. The van der Waals surface area contributed by atoms with E-state index in [2.05, 4.69) is 13.8 Å². The Balaban J connectivity index is 1.49. The van der Waals surface area contributed by atoms with Crippen LogP contribution in [0.5, 0.6) is 5.75 Å². The van der Waals surface area contributed by atoms with Crippen LogP contribution in [0.4, 0.5) is 0 Å². The van der Waals surface area contributed by atoms with Gasteiger partial charge in [-0.1, -0.05) is 32.0 Å². The van der Waals surface area contributed by atoms with Crippen LogP contribution in [0.3, 0.4) is 0 Å². The number of benzene rings is 1. The maximum absolute atomic E-state index is 12.6. The third-order valence-corrected chi connectivity index (χ3v) is 4.34. The summed E-state index contributed by atoms with van der Waals surface area (Å²) in [6, 6.07) is 7.92. The van der Waals surface area contributed by atoms with E-state index in [4.69, 9.17) is 9.47 Å². The van der Waals surface area contributed by atoms with Crippen molar-refractivity contribution in [1.82, 2.24) is 4.90 Å². The lowest BCUT2D eigenvalue weighted by molar-refractivity contribution is -0.140. The molecule has 0 saturated carbocycles. The lowest BCUT2D eigenvalue weighted by Crippen LogP contribution is -2.46. The number of hydrogen-bond donors (Lipinski definition) is 0. The van der Waals surface area contributed by atoms with Crippen molar-refractivity contribution in [2.45, 2.75) is 45.3 Å². The number of piperidine rings is 1. The molecule has 0 bridgehead atoms. The van der Waals surface area contributed by atoms with Crippen LogP contribution in [0.2, 0.25) is 0 Å². The van der Waals surface area contributed by atoms with Gasteiger partial charge in [-0.2, -0.15) is 0 Å². The summed E-state index contributed by atoms with van der Waals surface area (Å²) < 4.78 is 11.7. The summed E-state index contributed by atoms with van der Waals surface area (Å²) in [5.41, 5.74) is 1.14. The van der Waals surface area contributed by atoms with Crippen molar-refractivity contribution in [3.8, 4) is 5.75 Å². The van der Waals surface area contributed by atoms with Crippen LogP contribution in [0.25, 0.3) is 0 Å². The van der Waals surface area contributed by atoms with Gasteiger partial charge >= 0.3 is 0 Å². The first-order chi connectivity index (χ1) is 10.6. The molecule has 0 aliphatic carbocycles. The molecule has 4 heteroatoms. The molecule has 22 heavy (non-hydrogen) atoms. The van der Waals surface area contributed by atoms with Gasteiger partial charge in [-0.15, -0.1) is 0 Å². The Kier molecular flexibility index (Phi) is 4.67. The molecule has 0 aromatic heterocycles. The average molecular weight is 303 g/mol. The molecule has 1 saturated heterocycles. The van der Waals surface area contributed by atoms with Crippen LogP contribution in [-0.4, -0.2) is 42.7 Å². The molecule has 3 rings (SSSR count). The van der Waals surface area contributed by atoms with Crippen LogP contribution >= 0.6 is 0 Å². The standard InChI is InChI=1S/C18H25NO3/c1-13(2)12-21-15-7-9-19(10-8-15)18(20)17-11-14-5-3-4-6-16(14)22-17/h3-6,13,15,17H,7-12H2,1-2H3. The highest BCUT2D eigenvalue weighted by Crippen LogP contribution is 2.29. The fourth-order valence-corrected chi connectivity index (χ4v) is 3.09. The molecule has 0 spiro atoms. The van der Waals surface area contributed by atoms with Crippen LogP contribution in [0, 0.1) is 5.92 Å². The highest BCUT2D eigenvalue weighted by atomic mass is 16.5. The number of likely N-dealkylation sites (tertiary alicyclic amines) is 1. The maximum atomic E-state index is 12.6. The SMILES string of the molecule is CC(C)COC1CCN(C(=O)C2Cc3ccccc3O2)CC1. The van der Waals surface area contributed by atoms with Crippen molar-refractivity contribution in [2.24, 2.45) is 5.92 Å². The third-order valence-electron chi connectivity index (χ3n) is 4.34. The number of para-hydroxylation sites is 1. The van der Waals surface area contributed by atoms with Crippen LogP contribution in [-0.2, 0) is 16.0 Å². The Bertz CT molecular complexity index is 496. The Morgan fingerprint density at radius 2 is 2.05 bits per heavy atom. The minimum absolute atomic E-state index is 0.124. The van der Waals surface area contributed by atoms with Gasteiger partial charge in [0.2, 0.25) is 0 Å². The second-order valence-corrected chi connectivity index (χ2v) is 6.67. The predicted molar refractivity (Wildman–Crippen MR) is 85.0 cm³/mol. The monoisotopic (exact) mass is 303 g/mol. The maximum Gasteiger partial charge on any atom is 0.263 e. The second-order valence-electron chi connectivity index (χ2n) is 6.67. The molecule has 1 atom stereocenters. The van der Waals surface area contributed by atoms with Crippen molar-refractivity contribution in [1.29, 1.82) is 0 Å². The Labute approximate surface area is 132 Å². The summed E-state index contributed by atoms with van der Waals surface area (Å²) in [4.78, 5) is 14.5. The smallest absolute Gasteiger partial charge is 0.263 e.